The van der Waals surface area contributed by atoms with Crippen molar-refractivity contribution in [1.82, 2.24) is 5.32 Å². The molecule has 1 fully saturated rings. The van der Waals surface area contributed by atoms with Crippen LogP contribution in [0.3, 0.4) is 0 Å². The summed E-state index contributed by atoms with van der Waals surface area (Å²) in [5, 5.41) is 3.41. The molecule has 0 aliphatic heterocycles. The maximum atomic E-state index is 11.5. The van der Waals surface area contributed by atoms with Gasteiger partial charge in [-0.2, -0.15) is 0 Å². The van der Waals surface area contributed by atoms with Gasteiger partial charge in [0.05, 0.1) is 18.6 Å². The topological polar surface area (TPSA) is 47.6 Å². The Hall–Kier alpha value is -0.610. The number of hydrogen-bond acceptors (Lipinski definition) is 4. The lowest BCUT2D eigenvalue weighted by Crippen LogP contribution is -2.44. The third-order valence-electron chi connectivity index (χ3n) is 3.30. The molecule has 0 saturated heterocycles. The zero-order chi connectivity index (χ0) is 12.2. The second-order valence-electron chi connectivity index (χ2n) is 5.07. The van der Waals surface area contributed by atoms with Crippen molar-refractivity contribution >= 4 is 5.97 Å². The molecule has 1 aliphatic rings. The van der Waals surface area contributed by atoms with Crippen molar-refractivity contribution in [1.29, 1.82) is 0 Å². The summed E-state index contributed by atoms with van der Waals surface area (Å²) in [4.78, 5) is 11.5. The highest BCUT2D eigenvalue weighted by molar-refractivity contribution is 5.76. The lowest BCUT2D eigenvalue weighted by atomic mass is 9.93. The van der Waals surface area contributed by atoms with E-state index in [-0.39, 0.29) is 12.1 Å². The lowest BCUT2D eigenvalue weighted by molar-refractivity contribution is -0.150. The maximum Gasteiger partial charge on any atom is 0.312 e. The first-order chi connectivity index (χ1) is 7.51. The summed E-state index contributed by atoms with van der Waals surface area (Å²) in [5.74, 6) is -0.174. The first-order valence-electron chi connectivity index (χ1n) is 5.86. The summed E-state index contributed by atoms with van der Waals surface area (Å²) in [6, 6.07) is 0.369. The van der Waals surface area contributed by atoms with Gasteiger partial charge in [-0.25, -0.2) is 0 Å². The standard InChI is InChI=1S/C12H23NO3/c1-12(2,11(14)16-4)8-13-9-6-5-7-10(9)15-3/h9-10,13H,5-8H2,1-4H3. The summed E-state index contributed by atoms with van der Waals surface area (Å²) >= 11 is 0. The first kappa shape index (κ1) is 13.5. The zero-order valence-corrected chi connectivity index (χ0v) is 10.7. The molecule has 0 heterocycles. The molecule has 16 heavy (non-hydrogen) atoms. The molecule has 2 atom stereocenters. The van der Waals surface area contributed by atoms with Crippen LogP contribution in [0.1, 0.15) is 33.1 Å². The average Bonchev–Trinajstić information content (AvgIpc) is 2.72. The molecule has 0 bridgehead atoms. The van der Waals surface area contributed by atoms with E-state index in [1.165, 1.54) is 13.5 Å². The van der Waals surface area contributed by atoms with Crippen LogP contribution in [0.15, 0.2) is 0 Å². The van der Waals surface area contributed by atoms with Gasteiger partial charge in [0.1, 0.15) is 0 Å². The Bertz CT molecular complexity index is 240. The van der Waals surface area contributed by atoms with Crippen LogP contribution < -0.4 is 5.32 Å². The molecule has 0 radical (unpaired) electrons. The Balaban J connectivity index is 2.41. The molecule has 1 aliphatic carbocycles. The van der Waals surface area contributed by atoms with Crippen LogP contribution in [0.4, 0.5) is 0 Å². The minimum Gasteiger partial charge on any atom is -0.469 e. The number of ether oxygens (including phenoxy) is 2. The third-order valence-corrected chi connectivity index (χ3v) is 3.30. The molecule has 4 heteroatoms. The second kappa shape index (κ2) is 5.64. The number of methoxy groups -OCH3 is 2. The van der Waals surface area contributed by atoms with E-state index < -0.39 is 5.41 Å². The lowest BCUT2D eigenvalue weighted by Gasteiger charge is -2.26. The second-order valence-corrected chi connectivity index (χ2v) is 5.07. The smallest absolute Gasteiger partial charge is 0.312 e. The van der Waals surface area contributed by atoms with Crippen molar-refractivity contribution in [2.75, 3.05) is 20.8 Å². The van der Waals surface area contributed by atoms with Crippen molar-refractivity contribution in [3.05, 3.63) is 0 Å². The van der Waals surface area contributed by atoms with E-state index in [1.54, 1.807) is 7.11 Å². The van der Waals surface area contributed by atoms with Gasteiger partial charge in [0.2, 0.25) is 0 Å². The van der Waals surface area contributed by atoms with Crippen LogP contribution in [0.25, 0.3) is 0 Å². The van der Waals surface area contributed by atoms with Crippen molar-refractivity contribution < 1.29 is 14.3 Å². The summed E-state index contributed by atoms with van der Waals surface area (Å²) < 4.78 is 10.2. The minimum atomic E-state index is -0.477. The predicted octanol–water partition coefficient (Wildman–Crippen LogP) is 1.34. The molecule has 0 aromatic heterocycles. The van der Waals surface area contributed by atoms with Crippen LogP contribution in [-0.4, -0.2) is 38.9 Å². The molecular weight excluding hydrogens is 206 g/mol. The molecular formula is C12H23NO3. The van der Waals surface area contributed by atoms with E-state index in [2.05, 4.69) is 5.32 Å². The molecule has 0 aromatic carbocycles. The summed E-state index contributed by atoms with van der Waals surface area (Å²) in [7, 11) is 3.17. The van der Waals surface area contributed by atoms with E-state index in [4.69, 9.17) is 9.47 Å². The Labute approximate surface area is 97.7 Å². The van der Waals surface area contributed by atoms with Crippen LogP contribution in [0.5, 0.6) is 0 Å². The molecule has 2 unspecified atom stereocenters. The molecule has 1 saturated carbocycles. The van der Waals surface area contributed by atoms with Crippen LogP contribution in [0, 0.1) is 5.41 Å². The fraction of sp³-hybridized carbons (Fsp3) is 0.917. The summed E-state index contributed by atoms with van der Waals surface area (Å²) in [6.45, 7) is 4.41. The Morgan fingerprint density at radius 1 is 1.38 bits per heavy atom. The van der Waals surface area contributed by atoms with E-state index >= 15 is 0 Å². The summed E-state index contributed by atoms with van der Waals surface area (Å²) in [6.07, 6.45) is 3.70. The number of esters is 1. The van der Waals surface area contributed by atoms with Gasteiger partial charge in [0.15, 0.2) is 0 Å². The number of nitrogens with one attached hydrogen (secondary N) is 1. The minimum absolute atomic E-state index is 0.174. The van der Waals surface area contributed by atoms with E-state index in [0.29, 0.717) is 12.6 Å². The molecule has 0 amide bonds. The van der Waals surface area contributed by atoms with Gasteiger partial charge in [-0.15, -0.1) is 0 Å². The zero-order valence-electron chi connectivity index (χ0n) is 10.7. The van der Waals surface area contributed by atoms with Crippen LogP contribution >= 0.6 is 0 Å². The van der Waals surface area contributed by atoms with E-state index in [9.17, 15) is 4.79 Å². The number of carbonyl (C=O) groups is 1. The molecule has 1 N–H and O–H groups in total. The Morgan fingerprint density at radius 3 is 2.62 bits per heavy atom. The molecule has 1 rings (SSSR count). The van der Waals surface area contributed by atoms with Crippen LogP contribution in [-0.2, 0) is 14.3 Å². The van der Waals surface area contributed by atoms with Gasteiger partial charge in [0.25, 0.3) is 0 Å². The van der Waals surface area contributed by atoms with Gasteiger partial charge >= 0.3 is 5.97 Å². The first-order valence-corrected chi connectivity index (χ1v) is 5.86. The highest BCUT2D eigenvalue weighted by Crippen LogP contribution is 2.23. The van der Waals surface area contributed by atoms with Crippen LogP contribution in [0.2, 0.25) is 0 Å². The van der Waals surface area contributed by atoms with Gasteiger partial charge in [-0.3, -0.25) is 4.79 Å². The largest absolute Gasteiger partial charge is 0.469 e. The van der Waals surface area contributed by atoms with Gasteiger partial charge in [-0.1, -0.05) is 0 Å². The monoisotopic (exact) mass is 229 g/mol. The number of rotatable bonds is 5. The average molecular weight is 229 g/mol. The molecule has 4 nitrogen and oxygen atoms in total. The summed E-state index contributed by atoms with van der Waals surface area (Å²) in [5.41, 5.74) is -0.477. The molecule has 0 spiro atoms. The number of hydrogen-bond donors (Lipinski definition) is 1. The Kier molecular flexibility index (Phi) is 4.74. The predicted molar refractivity (Wildman–Crippen MR) is 62.2 cm³/mol. The molecule has 94 valence electrons. The van der Waals surface area contributed by atoms with Crippen molar-refractivity contribution in [2.24, 2.45) is 5.41 Å². The highest BCUT2D eigenvalue weighted by Gasteiger charge is 2.32. The molecule has 0 aromatic rings. The van der Waals surface area contributed by atoms with Crippen molar-refractivity contribution in [3.8, 4) is 0 Å². The maximum absolute atomic E-state index is 11.5. The van der Waals surface area contributed by atoms with Gasteiger partial charge in [0, 0.05) is 19.7 Å². The van der Waals surface area contributed by atoms with Crippen molar-refractivity contribution in [3.63, 3.8) is 0 Å². The van der Waals surface area contributed by atoms with E-state index in [1.807, 2.05) is 13.8 Å². The quantitative estimate of drug-likeness (QED) is 0.723. The SMILES string of the molecule is COC(=O)C(C)(C)CNC1CCCC1OC. The van der Waals surface area contributed by atoms with Gasteiger partial charge in [-0.05, 0) is 33.1 Å². The number of carbonyl (C=O) groups excluding carboxylic acids is 1. The fourth-order valence-corrected chi connectivity index (χ4v) is 2.18. The van der Waals surface area contributed by atoms with E-state index in [0.717, 1.165) is 12.8 Å². The van der Waals surface area contributed by atoms with Gasteiger partial charge < -0.3 is 14.8 Å². The normalized spacial score (nSPS) is 25.8. The third kappa shape index (κ3) is 3.19. The van der Waals surface area contributed by atoms with Crippen molar-refractivity contribution in [2.45, 2.75) is 45.3 Å². The fourth-order valence-electron chi connectivity index (χ4n) is 2.18. The Morgan fingerprint density at radius 2 is 2.06 bits per heavy atom. The highest BCUT2D eigenvalue weighted by atomic mass is 16.5.